The predicted molar refractivity (Wildman–Crippen MR) is 325 cm³/mol. The van der Waals surface area contributed by atoms with E-state index in [1.54, 1.807) is 50.8 Å². The van der Waals surface area contributed by atoms with Crippen LogP contribution in [0.3, 0.4) is 0 Å². The lowest BCUT2D eigenvalue weighted by atomic mass is 9.88. The number of carbonyl (C=O) groups is 6. The van der Waals surface area contributed by atoms with Crippen molar-refractivity contribution in [1.82, 2.24) is 60.8 Å². The molecule has 2 saturated carbocycles. The number of benzene rings is 2. The highest BCUT2D eigenvalue weighted by Gasteiger charge is 2.48. The van der Waals surface area contributed by atoms with Gasteiger partial charge in [-0.1, -0.05) is 57.0 Å². The van der Waals surface area contributed by atoms with Crippen molar-refractivity contribution >= 4 is 41.2 Å². The number of hydrogen-bond donors (Lipinski definition) is 6. The van der Waals surface area contributed by atoms with Crippen molar-refractivity contribution < 1.29 is 52.8 Å². The summed E-state index contributed by atoms with van der Waals surface area (Å²) < 4.78 is 26.8. The van der Waals surface area contributed by atoms with Crippen molar-refractivity contribution in [2.24, 2.45) is 23.2 Å². The Morgan fingerprint density at radius 3 is 2.25 bits per heavy atom. The van der Waals surface area contributed by atoms with Crippen LogP contribution in [0, 0.1) is 37.0 Å². The van der Waals surface area contributed by atoms with Gasteiger partial charge in [0.1, 0.15) is 41.6 Å². The number of amides is 5. The van der Waals surface area contributed by atoms with Gasteiger partial charge in [0.05, 0.1) is 36.8 Å². The van der Waals surface area contributed by atoms with Crippen LogP contribution >= 0.6 is 0 Å². The van der Waals surface area contributed by atoms with Gasteiger partial charge in [-0.05, 0) is 143 Å². The van der Waals surface area contributed by atoms with E-state index in [9.17, 15) is 33.9 Å². The molecule has 0 bridgehead atoms. The summed E-state index contributed by atoms with van der Waals surface area (Å²) in [5.74, 6) is -0.637. The number of ether oxygens (including phenoxy) is 4. The van der Waals surface area contributed by atoms with E-state index in [1.165, 1.54) is 18.3 Å². The Balaban J connectivity index is 0.602. The number of nitrogens with one attached hydrogen (secondary N) is 5. The van der Waals surface area contributed by atoms with E-state index in [4.69, 9.17) is 18.9 Å². The number of carboxylic acids is 1. The molecule has 4 aromatic heterocycles. The number of hydrogen-bond acceptors (Lipinski definition) is 15. The summed E-state index contributed by atoms with van der Waals surface area (Å²) in [5.41, 5.74) is 5.84. The normalized spacial score (nSPS) is 15.1. The van der Waals surface area contributed by atoms with Crippen molar-refractivity contribution in [3.8, 4) is 28.5 Å². The fraction of sp³-hybridized carbons (Fsp3) is 0.516. The molecule has 2 aromatic carbocycles. The quantitative estimate of drug-likeness (QED) is 0.0214. The van der Waals surface area contributed by atoms with Crippen molar-refractivity contribution in [3.63, 3.8) is 0 Å². The Morgan fingerprint density at radius 1 is 0.830 bits per heavy atom. The highest BCUT2D eigenvalue weighted by molar-refractivity contribution is 6.01. The lowest BCUT2D eigenvalue weighted by molar-refractivity contribution is -0.140. The zero-order valence-electron chi connectivity index (χ0n) is 51.0. The largest absolute Gasteiger partial charge is 0.484 e. The molecule has 0 radical (unpaired) electrons. The Kier molecular flexibility index (Phi) is 22.1. The number of unbranched alkanes of at least 4 members (excludes halogenated alkanes) is 3. The van der Waals surface area contributed by atoms with Crippen LogP contribution < -0.4 is 30.7 Å². The number of aryl methyl sites for hydroxylation is 4. The van der Waals surface area contributed by atoms with Gasteiger partial charge in [0.2, 0.25) is 17.7 Å². The number of aromatic amines is 1. The average Bonchev–Trinajstić information content (AvgIpc) is 2.17. The van der Waals surface area contributed by atoms with Gasteiger partial charge < -0.3 is 50.2 Å². The van der Waals surface area contributed by atoms with Crippen molar-refractivity contribution in [1.29, 1.82) is 0 Å². The number of H-pyrrole nitrogens is 1. The van der Waals surface area contributed by atoms with Crippen LogP contribution in [0.4, 0.5) is 5.69 Å². The summed E-state index contributed by atoms with van der Waals surface area (Å²) in [5, 5.41) is 41.6. The molecule has 470 valence electrons. The lowest BCUT2D eigenvalue weighted by Crippen LogP contribution is -2.50. The molecule has 3 aliphatic rings. The van der Waals surface area contributed by atoms with Gasteiger partial charge in [0, 0.05) is 74.2 Å². The van der Waals surface area contributed by atoms with Gasteiger partial charge in [-0.3, -0.25) is 38.4 Å². The van der Waals surface area contributed by atoms with E-state index >= 15 is 0 Å². The van der Waals surface area contributed by atoms with Gasteiger partial charge in [-0.2, -0.15) is 10.2 Å². The molecule has 6 aromatic rings. The molecule has 0 spiro atoms. The van der Waals surface area contributed by atoms with Crippen LogP contribution in [0.2, 0.25) is 0 Å². The molecule has 88 heavy (non-hydrogen) atoms. The summed E-state index contributed by atoms with van der Waals surface area (Å²) in [4.78, 5) is 84.0. The third-order valence-corrected chi connectivity index (χ3v) is 16.1. The molecular weight excluding hydrogens is 1130 g/mol. The molecule has 9 rings (SSSR count). The second kappa shape index (κ2) is 30.4. The number of anilines is 1. The molecule has 0 unspecified atom stereocenters. The molecular formula is C64H83N13O11. The number of aliphatic carboxylic acids is 1. The maximum Gasteiger partial charge on any atom is 0.326 e. The SMILES string of the molecule is Cc1n[nH]c(C)c1-c1ccc(NC(=O)[C@@H](NC(=O)c2ccnn2CCCCCCn2cc(COCC(=O)N3CCC(OCCNC(=O)COc4cccc(Oc5ccc(C(=O)N[C@@H](CCC(C)(C)C)C(=O)O)cn5)c4)CC3)nn2)C(C2CC2)C2CC2)cc1. The molecule has 5 heterocycles. The molecule has 2 aliphatic carbocycles. The van der Waals surface area contributed by atoms with Crippen molar-refractivity contribution in [2.45, 2.75) is 150 Å². The number of aromatic nitrogens is 8. The minimum Gasteiger partial charge on any atom is -0.484 e. The van der Waals surface area contributed by atoms with Gasteiger partial charge in [-0.15, -0.1) is 5.10 Å². The first kappa shape index (κ1) is 64.0. The van der Waals surface area contributed by atoms with E-state index < -0.39 is 24.0 Å². The number of carboxylic acid groups (broad SMARTS) is 1. The topological polar surface area (TPSA) is 301 Å². The van der Waals surface area contributed by atoms with Crippen LogP contribution in [0.5, 0.6) is 17.4 Å². The number of rotatable bonds is 33. The molecule has 2 atom stereocenters. The summed E-state index contributed by atoms with van der Waals surface area (Å²) in [7, 11) is 0. The molecule has 6 N–H and O–H groups in total. The monoisotopic (exact) mass is 1210 g/mol. The zero-order chi connectivity index (χ0) is 62.2. The molecule has 24 heteroatoms. The van der Waals surface area contributed by atoms with Crippen LogP contribution in [-0.2, 0) is 48.3 Å². The summed E-state index contributed by atoms with van der Waals surface area (Å²) in [6, 6.07) is 17.5. The second-order valence-corrected chi connectivity index (χ2v) is 24.4. The number of piperidine rings is 1. The van der Waals surface area contributed by atoms with Crippen LogP contribution in [0.15, 0.2) is 85.3 Å². The second-order valence-electron chi connectivity index (χ2n) is 24.4. The van der Waals surface area contributed by atoms with Gasteiger partial charge in [-0.25, -0.2) is 9.78 Å². The van der Waals surface area contributed by atoms with E-state index in [1.807, 2.05) is 65.1 Å². The first-order chi connectivity index (χ1) is 42.4. The van der Waals surface area contributed by atoms with E-state index in [-0.39, 0.29) is 78.9 Å². The highest BCUT2D eigenvalue weighted by atomic mass is 16.5. The van der Waals surface area contributed by atoms with Crippen LogP contribution in [0.1, 0.15) is 136 Å². The average molecular weight is 1210 g/mol. The predicted octanol–water partition coefficient (Wildman–Crippen LogP) is 7.83. The maximum absolute atomic E-state index is 14.1. The standard InChI is InChI=1S/C64H83N13O11/c1-41-57(42(2)72-71-41)43-17-20-47(21-18-43)68-62(82)59(58(44-13-14-44)45-15-16-45)70-61(81)53-24-28-67-77(53)31-9-7-6-8-30-76-37-48(73-74-76)38-85-40-56(79)75-32-25-49(26-33-75)86-34-29-65-54(78)39-87-50-11-10-12-51(35-50)88-55-22-19-46(36-66-55)60(80)69-52(63(83)84)23-27-64(3,4)5/h10-12,17-22,24,28,35-37,44-45,49,52,58-59H,6-9,13-16,23,25-27,29-34,38-40H2,1-5H3,(H,65,78)(H,68,82)(H,69,80)(H,70,81)(H,71,72)(H,83,84)/t52-,59-/m0/s1. The fourth-order valence-corrected chi connectivity index (χ4v) is 11.1. The number of carbonyl (C=O) groups excluding carboxylic acids is 5. The maximum atomic E-state index is 14.1. The summed E-state index contributed by atoms with van der Waals surface area (Å²) in [6.07, 6.45) is 14.8. The fourth-order valence-electron chi connectivity index (χ4n) is 11.1. The molecule has 1 aliphatic heterocycles. The molecule has 1 saturated heterocycles. The molecule has 24 nitrogen and oxygen atoms in total. The van der Waals surface area contributed by atoms with Crippen LogP contribution in [0.25, 0.3) is 11.1 Å². The van der Waals surface area contributed by atoms with E-state index in [2.05, 4.69) is 51.9 Å². The highest BCUT2D eigenvalue weighted by Crippen LogP contribution is 2.51. The Hall–Kier alpha value is -8.51. The minimum atomic E-state index is -1.10. The molecule has 5 amide bonds. The molecule has 3 fully saturated rings. The first-order valence-corrected chi connectivity index (χ1v) is 30.7. The van der Waals surface area contributed by atoms with E-state index in [0.717, 1.165) is 73.9 Å². The zero-order valence-corrected chi connectivity index (χ0v) is 51.0. The first-order valence-electron chi connectivity index (χ1n) is 30.7. The van der Waals surface area contributed by atoms with Crippen molar-refractivity contribution in [3.05, 3.63) is 114 Å². The minimum absolute atomic E-state index is 0.0505. The smallest absolute Gasteiger partial charge is 0.326 e. The Morgan fingerprint density at radius 2 is 1.57 bits per heavy atom. The van der Waals surface area contributed by atoms with Gasteiger partial charge >= 0.3 is 5.97 Å². The Labute approximate surface area is 512 Å². The van der Waals surface area contributed by atoms with Crippen molar-refractivity contribution in [2.75, 3.05) is 44.8 Å². The Bertz CT molecular complexity index is 3270. The van der Waals surface area contributed by atoms with Gasteiger partial charge in [0.15, 0.2) is 6.61 Å². The van der Waals surface area contributed by atoms with Gasteiger partial charge in [0.25, 0.3) is 17.7 Å². The summed E-state index contributed by atoms with van der Waals surface area (Å²) >= 11 is 0. The third kappa shape index (κ3) is 19.0. The summed E-state index contributed by atoms with van der Waals surface area (Å²) in [6.45, 7) is 12.7. The number of likely N-dealkylation sites (tertiary alicyclic amines) is 1. The number of nitrogens with zero attached hydrogens (tertiary/aromatic N) is 8. The lowest BCUT2D eigenvalue weighted by Gasteiger charge is -2.32. The van der Waals surface area contributed by atoms with Crippen LogP contribution in [-0.4, -0.2) is 143 Å². The number of pyridine rings is 1. The third-order valence-electron chi connectivity index (χ3n) is 16.1. The van der Waals surface area contributed by atoms with E-state index in [0.29, 0.717) is 98.9 Å².